The molecule has 0 aromatic carbocycles. The van der Waals surface area contributed by atoms with Gasteiger partial charge in [0.2, 0.25) is 0 Å². The molecular weight excluding hydrogens is 258 g/mol. The Morgan fingerprint density at radius 3 is 2.75 bits per heavy atom. The molecule has 0 aromatic heterocycles. The van der Waals surface area contributed by atoms with Crippen molar-refractivity contribution in [3.05, 3.63) is 0 Å². The van der Waals surface area contributed by atoms with Crippen molar-refractivity contribution in [3.63, 3.8) is 0 Å². The smallest absolute Gasteiger partial charge is 0.308 e. The molecule has 118 valence electrons. The summed E-state index contributed by atoms with van der Waals surface area (Å²) in [7, 11) is 0. The van der Waals surface area contributed by atoms with Crippen molar-refractivity contribution in [2.24, 2.45) is 0 Å². The highest BCUT2D eigenvalue weighted by Crippen LogP contribution is 2.16. The highest BCUT2D eigenvalue weighted by molar-refractivity contribution is 5.69. The summed E-state index contributed by atoms with van der Waals surface area (Å²) in [6.45, 7) is 8.92. The lowest BCUT2D eigenvalue weighted by Crippen LogP contribution is -2.33. The first-order valence-corrected chi connectivity index (χ1v) is 7.57. The molecular formula is C15H29NO4. The zero-order valence-electron chi connectivity index (χ0n) is 13.1. The van der Waals surface area contributed by atoms with Crippen molar-refractivity contribution < 1.29 is 19.4 Å². The summed E-state index contributed by atoms with van der Waals surface area (Å²) < 4.78 is 10.7. The first kappa shape index (κ1) is 17.4. The van der Waals surface area contributed by atoms with Gasteiger partial charge in [0, 0.05) is 19.2 Å². The summed E-state index contributed by atoms with van der Waals surface area (Å²) in [5.74, 6) is -0.211. The van der Waals surface area contributed by atoms with Crippen LogP contribution in [-0.2, 0) is 14.3 Å². The zero-order chi connectivity index (χ0) is 15.0. The van der Waals surface area contributed by atoms with Crippen LogP contribution in [0.3, 0.4) is 0 Å². The fourth-order valence-electron chi connectivity index (χ4n) is 2.42. The molecule has 1 aliphatic rings. The quantitative estimate of drug-likeness (QED) is 0.542. The monoisotopic (exact) mass is 287 g/mol. The number of aliphatic hydroxyl groups excluding tert-OH is 1. The van der Waals surface area contributed by atoms with E-state index >= 15 is 0 Å². The Bertz CT molecular complexity index is 288. The average Bonchev–Trinajstić information content (AvgIpc) is 2.78. The molecule has 0 saturated carbocycles. The average molecular weight is 287 g/mol. The van der Waals surface area contributed by atoms with Crippen molar-refractivity contribution in [2.45, 2.75) is 58.1 Å². The van der Waals surface area contributed by atoms with Crippen LogP contribution in [0.4, 0.5) is 0 Å². The van der Waals surface area contributed by atoms with Gasteiger partial charge in [-0.3, -0.25) is 9.69 Å². The summed E-state index contributed by atoms with van der Waals surface area (Å²) in [5, 5.41) is 9.21. The largest absolute Gasteiger partial charge is 0.460 e. The summed E-state index contributed by atoms with van der Waals surface area (Å²) in [6.07, 6.45) is 3.51. The number of nitrogens with zero attached hydrogens (tertiary/aromatic N) is 1. The number of carbonyl (C=O) groups excluding carboxylic acids is 1. The van der Waals surface area contributed by atoms with Crippen molar-refractivity contribution in [1.29, 1.82) is 0 Å². The Hall–Kier alpha value is -0.650. The van der Waals surface area contributed by atoms with Gasteiger partial charge in [-0.1, -0.05) is 0 Å². The van der Waals surface area contributed by atoms with Crippen LogP contribution >= 0.6 is 0 Å². The number of carbonyl (C=O) groups is 1. The molecule has 1 rings (SSSR count). The molecule has 0 radical (unpaired) electrons. The summed E-state index contributed by atoms with van der Waals surface area (Å²) in [6, 6.07) is 0.330. The second-order valence-corrected chi connectivity index (χ2v) is 6.32. The van der Waals surface area contributed by atoms with Gasteiger partial charge in [-0.2, -0.15) is 0 Å². The van der Waals surface area contributed by atoms with Crippen LogP contribution in [0.25, 0.3) is 0 Å². The van der Waals surface area contributed by atoms with Crippen LogP contribution in [0, 0.1) is 0 Å². The van der Waals surface area contributed by atoms with Gasteiger partial charge in [0.15, 0.2) is 0 Å². The maximum Gasteiger partial charge on any atom is 0.308 e. The number of hydrogen-bond donors (Lipinski definition) is 1. The van der Waals surface area contributed by atoms with Crippen LogP contribution in [0.5, 0.6) is 0 Å². The van der Waals surface area contributed by atoms with Crippen molar-refractivity contribution in [3.8, 4) is 0 Å². The van der Waals surface area contributed by atoms with E-state index in [2.05, 4.69) is 4.90 Å². The van der Waals surface area contributed by atoms with Gasteiger partial charge in [-0.05, 0) is 46.6 Å². The number of esters is 1. The summed E-state index contributed by atoms with van der Waals surface area (Å²) in [4.78, 5) is 13.8. The SMILES string of the molecule is CC(C)(C)OC(=O)CCOCCCN1CCC[C@H]1CO. The third kappa shape index (κ3) is 7.22. The predicted octanol–water partition coefficient (Wildman–Crippen LogP) is 1.58. The predicted molar refractivity (Wildman–Crippen MR) is 77.6 cm³/mol. The molecule has 0 aliphatic carbocycles. The lowest BCUT2D eigenvalue weighted by molar-refractivity contribution is -0.156. The maximum atomic E-state index is 11.4. The normalized spacial score (nSPS) is 20.3. The molecule has 1 N–H and O–H groups in total. The van der Waals surface area contributed by atoms with E-state index in [0.29, 0.717) is 25.7 Å². The van der Waals surface area contributed by atoms with E-state index in [1.54, 1.807) is 0 Å². The Morgan fingerprint density at radius 1 is 1.35 bits per heavy atom. The number of rotatable bonds is 8. The number of hydrogen-bond acceptors (Lipinski definition) is 5. The zero-order valence-corrected chi connectivity index (χ0v) is 13.1. The van der Waals surface area contributed by atoms with E-state index in [1.807, 2.05) is 20.8 Å². The summed E-state index contributed by atoms with van der Waals surface area (Å²) >= 11 is 0. The van der Waals surface area contributed by atoms with E-state index in [-0.39, 0.29) is 12.6 Å². The third-order valence-corrected chi connectivity index (χ3v) is 3.31. The van der Waals surface area contributed by atoms with Gasteiger partial charge in [0.05, 0.1) is 19.6 Å². The van der Waals surface area contributed by atoms with E-state index in [9.17, 15) is 9.90 Å². The van der Waals surface area contributed by atoms with Gasteiger partial charge < -0.3 is 14.6 Å². The van der Waals surface area contributed by atoms with Crippen molar-refractivity contribution in [2.75, 3.05) is 32.9 Å². The van der Waals surface area contributed by atoms with Crippen LogP contribution in [-0.4, -0.2) is 60.5 Å². The minimum atomic E-state index is -0.424. The molecule has 5 heteroatoms. The Balaban J connectivity index is 1.98. The molecule has 0 amide bonds. The molecule has 1 saturated heterocycles. The molecule has 1 aliphatic heterocycles. The van der Waals surface area contributed by atoms with Gasteiger partial charge >= 0.3 is 5.97 Å². The molecule has 20 heavy (non-hydrogen) atoms. The lowest BCUT2D eigenvalue weighted by Gasteiger charge is -2.22. The lowest BCUT2D eigenvalue weighted by atomic mass is 10.2. The Kier molecular flexibility index (Phi) is 7.48. The van der Waals surface area contributed by atoms with E-state index in [0.717, 1.165) is 25.9 Å². The summed E-state index contributed by atoms with van der Waals surface area (Å²) in [5.41, 5.74) is -0.424. The third-order valence-electron chi connectivity index (χ3n) is 3.31. The molecule has 0 spiro atoms. The fourth-order valence-corrected chi connectivity index (χ4v) is 2.42. The molecule has 1 fully saturated rings. The minimum absolute atomic E-state index is 0.211. The number of aliphatic hydroxyl groups is 1. The molecule has 0 bridgehead atoms. The highest BCUT2D eigenvalue weighted by Gasteiger charge is 2.22. The number of ether oxygens (including phenoxy) is 2. The van der Waals surface area contributed by atoms with Crippen molar-refractivity contribution in [1.82, 2.24) is 4.90 Å². The first-order valence-electron chi connectivity index (χ1n) is 7.57. The molecule has 5 nitrogen and oxygen atoms in total. The van der Waals surface area contributed by atoms with Gasteiger partial charge in [-0.15, -0.1) is 0 Å². The Morgan fingerprint density at radius 2 is 2.10 bits per heavy atom. The number of likely N-dealkylation sites (tertiary alicyclic amines) is 1. The second kappa shape index (κ2) is 8.60. The van der Waals surface area contributed by atoms with E-state index in [1.165, 1.54) is 6.42 Å². The fraction of sp³-hybridized carbons (Fsp3) is 0.933. The van der Waals surface area contributed by atoms with Gasteiger partial charge in [0.25, 0.3) is 0 Å². The van der Waals surface area contributed by atoms with Crippen LogP contribution in [0.15, 0.2) is 0 Å². The molecule has 0 unspecified atom stereocenters. The Labute approximate surface area is 122 Å². The molecule has 0 aromatic rings. The van der Waals surface area contributed by atoms with Gasteiger partial charge in [-0.25, -0.2) is 0 Å². The van der Waals surface area contributed by atoms with Crippen LogP contribution < -0.4 is 0 Å². The van der Waals surface area contributed by atoms with E-state index in [4.69, 9.17) is 9.47 Å². The molecule has 1 atom stereocenters. The van der Waals surface area contributed by atoms with Crippen molar-refractivity contribution >= 4 is 5.97 Å². The van der Waals surface area contributed by atoms with Crippen LogP contribution in [0.2, 0.25) is 0 Å². The topological polar surface area (TPSA) is 59.0 Å². The minimum Gasteiger partial charge on any atom is -0.460 e. The first-order chi connectivity index (χ1) is 9.42. The molecule has 1 heterocycles. The maximum absolute atomic E-state index is 11.4. The standard InChI is InChI=1S/C15H29NO4/c1-15(2,3)20-14(18)7-11-19-10-5-9-16-8-4-6-13(16)12-17/h13,17H,4-12H2,1-3H3/t13-/m0/s1. The van der Waals surface area contributed by atoms with Gasteiger partial charge in [0.1, 0.15) is 5.60 Å². The van der Waals surface area contributed by atoms with E-state index < -0.39 is 5.60 Å². The second-order valence-electron chi connectivity index (χ2n) is 6.32. The highest BCUT2D eigenvalue weighted by atomic mass is 16.6. The van der Waals surface area contributed by atoms with Crippen LogP contribution in [0.1, 0.15) is 46.5 Å².